The number of hydrogen-bond donors (Lipinski definition) is 3. The number of aromatic nitrogens is 4. The molecule has 1 saturated carbocycles. The van der Waals surface area contributed by atoms with Crippen LogP contribution in [0.25, 0.3) is 44.5 Å². The molecular weight excluding hydrogens is 640 g/mol. The molecule has 4 atom stereocenters. The van der Waals surface area contributed by atoms with Crippen molar-refractivity contribution in [2.45, 2.75) is 70.2 Å². The SMILES string of the molecule is COC(=O)NC(CN1CC2(CC1c1ncc(-c3ccc(-c4ccc(-c5ccc6nc(C)[nH]c6c5)c5c4C4CCC4C5)cc3)[nH]1)OCCO2)C(C)C. The van der Waals surface area contributed by atoms with Crippen molar-refractivity contribution in [1.29, 1.82) is 0 Å². The Balaban J connectivity index is 0.987. The zero-order valence-corrected chi connectivity index (χ0v) is 29.8. The summed E-state index contributed by atoms with van der Waals surface area (Å²) in [6, 6.07) is 20.1. The Morgan fingerprint density at radius 2 is 1.78 bits per heavy atom. The lowest BCUT2D eigenvalue weighted by Crippen LogP contribution is -2.47. The highest BCUT2D eigenvalue weighted by Crippen LogP contribution is 2.56. The second-order valence-electron chi connectivity index (χ2n) is 15.3. The number of amides is 1. The molecule has 2 saturated heterocycles. The number of nitrogens with one attached hydrogen (secondary N) is 3. The van der Waals surface area contributed by atoms with E-state index in [-0.39, 0.29) is 18.0 Å². The van der Waals surface area contributed by atoms with E-state index in [0.717, 1.165) is 46.3 Å². The average Bonchev–Trinajstić information content (AvgIpc) is 3.95. The highest BCUT2D eigenvalue weighted by molar-refractivity contribution is 5.86. The van der Waals surface area contributed by atoms with Gasteiger partial charge in [-0.1, -0.05) is 56.3 Å². The number of carbonyl (C=O) groups excluding carboxylic acids is 1. The molecule has 9 rings (SSSR count). The summed E-state index contributed by atoms with van der Waals surface area (Å²) in [5.74, 6) is 2.77. The molecule has 10 heteroatoms. The first-order valence-corrected chi connectivity index (χ1v) is 18.4. The number of hydrogen-bond acceptors (Lipinski definition) is 7. The maximum absolute atomic E-state index is 12.2. The molecule has 4 heterocycles. The lowest BCUT2D eigenvalue weighted by atomic mass is 9.73. The van der Waals surface area contributed by atoms with E-state index in [1.807, 2.05) is 13.1 Å². The number of aryl methyl sites for hydroxylation is 1. The summed E-state index contributed by atoms with van der Waals surface area (Å²) in [5, 5.41) is 3.02. The van der Waals surface area contributed by atoms with Gasteiger partial charge in [-0.05, 0) is 95.0 Å². The summed E-state index contributed by atoms with van der Waals surface area (Å²) in [7, 11) is 1.40. The first-order chi connectivity index (χ1) is 24.8. The number of benzene rings is 3. The molecular formula is C41H46N6O4. The predicted octanol–water partition coefficient (Wildman–Crippen LogP) is 7.52. The van der Waals surface area contributed by atoms with Crippen LogP contribution in [0.4, 0.5) is 4.79 Å². The fraction of sp³-hybridized carbons (Fsp3) is 0.439. The minimum absolute atomic E-state index is 0.0497. The Bertz CT molecular complexity index is 2090. The first-order valence-electron chi connectivity index (χ1n) is 18.4. The van der Waals surface area contributed by atoms with Crippen LogP contribution in [0.5, 0.6) is 0 Å². The maximum atomic E-state index is 12.2. The minimum atomic E-state index is -0.661. The van der Waals surface area contributed by atoms with Crippen LogP contribution in [0, 0.1) is 18.8 Å². The molecule has 10 nitrogen and oxygen atoms in total. The molecule has 3 fully saturated rings. The molecule has 264 valence electrons. The second kappa shape index (κ2) is 12.6. The van der Waals surface area contributed by atoms with E-state index in [4.69, 9.17) is 19.2 Å². The zero-order chi connectivity index (χ0) is 34.9. The van der Waals surface area contributed by atoms with E-state index in [1.54, 1.807) is 5.56 Å². The van der Waals surface area contributed by atoms with Crippen LogP contribution in [-0.4, -0.2) is 76.2 Å². The summed E-state index contributed by atoms with van der Waals surface area (Å²) in [4.78, 5) is 31.1. The Hall–Kier alpha value is -4.51. The third-order valence-electron chi connectivity index (χ3n) is 11.9. The van der Waals surface area contributed by atoms with Crippen molar-refractivity contribution in [3.8, 4) is 33.5 Å². The van der Waals surface area contributed by atoms with Crippen LogP contribution in [0.3, 0.4) is 0 Å². The number of aromatic amines is 2. The Kier molecular flexibility index (Phi) is 8.01. The molecule has 3 aromatic carbocycles. The maximum Gasteiger partial charge on any atom is 0.407 e. The van der Waals surface area contributed by atoms with Gasteiger partial charge in [0.15, 0.2) is 5.79 Å². The van der Waals surface area contributed by atoms with Crippen molar-refractivity contribution < 1.29 is 19.0 Å². The molecule has 4 unspecified atom stereocenters. The van der Waals surface area contributed by atoms with Gasteiger partial charge in [0.1, 0.15) is 11.6 Å². The van der Waals surface area contributed by atoms with E-state index in [9.17, 15) is 4.79 Å². The Morgan fingerprint density at radius 1 is 1.02 bits per heavy atom. The quantitative estimate of drug-likeness (QED) is 0.155. The fourth-order valence-electron chi connectivity index (χ4n) is 9.03. The number of imidazole rings is 2. The van der Waals surface area contributed by atoms with Crippen LogP contribution in [0.1, 0.15) is 67.8 Å². The molecule has 51 heavy (non-hydrogen) atoms. The normalized spacial score (nSPS) is 22.7. The monoisotopic (exact) mass is 686 g/mol. The van der Waals surface area contributed by atoms with Crippen LogP contribution in [-0.2, 0) is 20.6 Å². The lowest BCUT2D eigenvalue weighted by molar-refractivity contribution is -0.146. The third kappa shape index (κ3) is 5.73. The van der Waals surface area contributed by atoms with Crippen molar-refractivity contribution >= 4 is 17.1 Å². The van der Waals surface area contributed by atoms with E-state index >= 15 is 0 Å². The number of methoxy groups -OCH3 is 1. The number of fused-ring (bicyclic) bond motifs is 4. The second-order valence-corrected chi connectivity index (χ2v) is 15.3. The van der Waals surface area contributed by atoms with E-state index in [2.05, 4.69) is 93.6 Å². The first kappa shape index (κ1) is 32.4. The van der Waals surface area contributed by atoms with Gasteiger partial charge in [-0.15, -0.1) is 0 Å². The van der Waals surface area contributed by atoms with Crippen LogP contribution in [0.15, 0.2) is 60.8 Å². The van der Waals surface area contributed by atoms with Crippen molar-refractivity contribution in [2.24, 2.45) is 11.8 Å². The number of H-pyrrole nitrogens is 2. The molecule has 0 radical (unpaired) electrons. The van der Waals surface area contributed by atoms with Gasteiger partial charge in [0.2, 0.25) is 0 Å². The van der Waals surface area contributed by atoms with E-state index in [0.29, 0.717) is 38.6 Å². The molecule has 0 bridgehead atoms. The Labute approximate surface area is 298 Å². The highest BCUT2D eigenvalue weighted by atomic mass is 16.7. The van der Waals surface area contributed by atoms with Gasteiger partial charge in [0, 0.05) is 19.0 Å². The molecule has 1 amide bonds. The van der Waals surface area contributed by atoms with Gasteiger partial charge < -0.3 is 29.5 Å². The van der Waals surface area contributed by atoms with Crippen LogP contribution < -0.4 is 5.32 Å². The fourth-order valence-corrected chi connectivity index (χ4v) is 9.03. The third-order valence-corrected chi connectivity index (χ3v) is 11.9. The lowest BCUT2D eigenvalue weighted by Gasteiger charge is -2.31. The average molecular weight is 687 g/mol. The molecule has 2 aromatic heterocycles. The van der Waals surface area contributed by atoms with Gasteiger partial charge in [-0.3, -0.25) is 4.90 Å². The highest BCUT2D eigenvalue weighted by Gasteiger charge is 2.50. The van der Waals surface area contributed by atoms with Gasteiger partial charge >= 0.3 is 6.09 Å². The van der Waals surface area contributed by atoms with Crippen molar-refractivity contribution in [3.05, 3.63) is 83.6 Å². The standard InChI is InChI=1S/C41H46N6O4/c1-23(2)36(46-40(48)49-4)21-47-22-41(50-15-16-51-41)19-37(47)39-42-20-35(45-39)26-7-5-25(6-8-26)30-13-12-29(32-17-27-9-11-31(27)38(30)32)28-10-14-33-34(18-28)44-24(3)43-33/h5-8,10,12-14,18,20,23,27,31,36-37H,9,11,15-17,19,21-22H2,1-4H3,(H,42,45)(H,43,44)(H,46,48). The molecule has 4 aliphatic rings. The molecule has 2 aliphatic heterocycles. The number of rotatable bonds is 8. The summed E-state index contributed by atoms with van der Waals surface area (Å²) in [6.45, 7) is 8.62. The minimum Gasteiger partial charge on any atom is -0.453 e. The molecule has 2 aliphatic carbocycles. The number of alkyl carbamates (subject to hydrolysis) is 1. The largest absolute Gasteiger partial charge is 0.453 e. The molecule has 5 aromatic rings. The number of carbonyl (C=O) groups is 1. The molecule has 3 N–H and O–H groups in total. The smallest absolute Gasteiger partial charge is 0.407 e. The molecule has 1 spiro atoms. The topological polar surface area (TPSA) is 117 Å². The number of likely N-dealkylation sites (tertiary alicyclic amines) is 1. The van der Waals surface area contributed by atoms with Crippen molar-refractivity contribution in [1.82, 2.24) is 30.2 Å². The van der Waals surface area contributed by atoms with Crippen molar-refractivity contribution in [2.75, 3.05) is 33.4 Å². The van der Waals surface area contributed by atoms with Crippen molar-refractivity contribution in [3.63, 3.8) is 0 Å². The summed E-state index contributed by atoms with van der Waals surface area (Å²) >= 11 is 0. The van der Waals surface area contributed by atoms with Crippen LogP contribution in [0.2, 0.25) is 0 Å². The van der Waals surface area contributed by atoms with Gasteiger partial charge in [0.25, 0.3) is 0 Å². The summed E-state index contributed by atoms with van der Waals surface area (Å²) in [5.41, 5.74) is 12.5. The number of nitrogens with zero attached hydrogens (tertiary/aromatic N) is 3. The Morgan fingerprint density at radius 3 is 2.53 bits per heavy atom. The predicted molar refractivity (Wildman–Crippen MR) is 196 cm³/mol. The van der Waals surface area contributed by atoms with E-state index < -0.39 is 11.9 Å². The zero-order valence-electron chi connectivity index (χ0n) is 29.8. The van der Waals surface area contributed by atoms with Gasteiger partial charge in [-0.2, -0.15) is 0 Å². The number of ether oxygens (including phenoxy) is 3. The van der Waals surface area contributed by atoms with Gasteiger partial charge in [-0.25, -0.2) is 14.8 Å². The summed E-state index contributed by atoms with van der Waals surface area (Å²) < 4.78 is 17.2. The van der Waals surface area contributed by atoms with E-state index in [1.165, 1.54) is 47.8 Å². The van der Waals surface area contributed by atoms with Gasteiger partial charge in [0.05, 0.1) is 55.8 Å². The van der Waals surface area contributed by atoms with Crippen LogP contribution >= 0.6 is 0 Å². The summed E-state index contributed by atoms with van der Waals surface area (Å²) in [6.07, 6.45) is 5.92.